The summed E-state index contributed by atoms with van der Waals surface area (Å²) in [6, 6.07) is 12.5. The fourth-order valence-corrected chi connectivity index (χ4v) is 2.73. The molecule has 1 amide bonds. The molecule has 0 unspecified atom stereocenters. The number of halogens is 2. The summed E-state index contributed by atoms with van der Waals surface area (Å²) in [7, 11) is 1.32. The van der Waals surface area contributed by atoms with E-state index in [1.165, 1.54) is 25.3 Å². The average Bonchev–Trinajstić information content (AvgIpc) is 2.64. The van der Waals surface area contributed by atoms with E-state index >= 15 is 0 Å². The normalized spacial score (nSPS) is 10.5. The zero-order valence-corrected chi connectivity index (χ0v) is 16.1. The Morgan fingerprint density at radius 2 is 1.89 bits per heavy atom. The highest BCUT2D eigenvalue weighted by Crippen LogP contribution is 2.21. The maximum absolute atomic E-state index is 14.0. The minimum absolute atomic E-state index is 0.00150. The van der Waals surface area contributed by atoms with Crippen molar-refractivity contribution >= 4 is 27.5 Å². The number of anilines is 1. The molecule has 3 aromatic rings. The van der Waals surface area contributed by atoms with Crippen LogP contribution in [-0.4, -0.2) is 22.8 Å². The molecule has 0 aliphatic heterocycles. The summed E-state index contributed by atoms with van der Waals surface area (Å²) in [6.45, 7) is 1.92. The highest BCUT2D eigenvalue weighted by atomic mass is 79.9. The van der Waals surface area contributed by atoms with Gasteiger partial charge < -0.3 is 10.1 Å². The van der Waals surface area contributed by atoms with Crippen molar-refractivity contribution in [3.8, 4) is 11.4 Å². The Bertz CT molecular complexity index is 1060. The van der Waals surface area contributed by atoms with E-state index in [1.807, 2.05) is 19.1 Å². The summed E-state index contributed by atoms with van der Waals surface area (Å²) >= 11 is 3.16. The van der Waals surface area contributed by atoms with Gasteiger partial charge in [-0.15, -0.1) is 0 Å². The van der Waals surface area contributed by atoms with Crippen LogP contribution in [0.2, 0.25) is 0 Å². The van der Waals surface area contributed by atoms with E-state index < -0.39 is 17.3 Å². The number of methoxy groups -OCH3 is 1. The van der Waals surface area contributed by atoms with E-state index in [2.05, 4.69) is 26.3 Å². The van der Waals surface area contributed by atoms with Crippen LogP contribution in [-0.2, 0) is 0 Å². The Morgan fingerprint density at radius 1 is 1.19 bits per heavy atom. The van der Waals surface area contributed by atoms with Gasteiger partial charge in [0.15, 0.2) is 11.4 Å². The molecule has 1 heterocycles. The van der Waals surface area contributed by atoms with Crippen molar-refractivity contribution in [2.24, 2.45) is 0 Å². The number of ether oxygens (including phenoxy) is 1. The zero-order valence-electron chi connectivity index (χ0n) is 14.5. The van der Waals surface area contributed by atoms with E-state index in [4.69, 9.17) is 4.74 Å². The van der Waals surface area contributed by atoms with Crippen LogP contribution in [0.3, 0.4) is 0 Å². The molecular weight excluding hydrogens is 417 g/mol. The van der Waals surface area contributed by atoms with Gasteiger partial charge in [0.25, 0.3) is 11.5 Å². The van der Waals surface area contributed by atoms with Crippen LogP contribution in [0.1, 0.15) is 16.1 Å². The first-order chi connectivity index (χ1) is 12.9. The molecule has 0 aliphatic rings. The number of carbonyl (C=O) groups is 1. The topological polar surface area (TPSA) is 73.2 Å². The number of hydrogen-bond acceptors (Lipinski definition) is 4. The van der Waals surface area contributed by atoms with Gasteiger partial charge in [-0.05, 0) is 37.3 Å². The van der Waals surface area contributed by atoms with Crippen LogP contribution in [0.15, 0.2) is 57.8 Å². The summed E-state index contributed by atoms with van der Waals surface area (Å²) in [5, 5.41) is 6.56. The second kappa shape index (κ2) is 7.71. The number of carbonyl (C=O) groups excluding carboxylic acids is 1. The van der Waals surface area contributed by atoms with Gasteiger partial charge in [-0.25, -0.2) is 4.39 Å². The van der Waals surface area contributed by atoms with Gasteiger partial charge >= 0.3 is 0 Å². The van der Waals surface area contributed by atoms with Crippen molar-refractivity contribution in [1.82, 2.24) is 9.78 Å². The minimum Gasteiger partial charge on any atom is -0.494 e. The third-order valence-corrected chi connectivity index (χ3v) is 4.28. The van der Waals surface area contributed by atoms with Gasteiger partial charge in [-0.1, -0.05) is 33.6 Å². The predicted octanol–water partition coefficient (Wildman–Crippen LogP) is 3.70. The molecule has 0 aliphatic carbocycles. The third kappa shape index (κ3) is 4.06. The number of amides is 1. The summed E-state index contributed by atoms with van der Waals surface area (Å²) in [5.41, 5.74) is 0.906. The van der Waals surface area contributed by atoms with Crippen LogP contribution in [0, 0.1) is 12.7 Å². The molecule has 6 nitrogen and oxygen atoms in total. The Labute approximate surface area is 162 Å². The quantitative estimate of drug-likeness (QED) is 0.683. The molecular formula is C19H15BrFN3O3. The summed E-state index contributed by atoms with van der Waals surface area (Å²) < 4.78 is 20.7. The van der Waals surface area contributed by atoms with Crippen molar-refractivity contribution in [3.63, 3.8) is 0 Å². The smallest absolute Gasteiger partial charge is 0.280 e. The highest BCUT2D eigenvalue weighted by Gasteiger charge is 2.19. The lowest BCUT2D eigenvalue weighted by molar-refractivity contribution is 0.101. The fourth-order valence-electron chi connectivity index (χ4n) is 2.40. The average molecular weight is 432 g/mol. The van der Waals surface area contributed by atoms with Gasteiger partial charge in [0, 0.05) is 4.47 Å². The maximum atomic E-state index is 14.0. The molecule has 0 fully saturated rings. The first-order valence-electron chi connectivity index (χ1n) is 7.91. The lowest BCUT2D eigenvalue weighted by atomic mass is 10.2. The molecule has 0 radical (unpaired) electrons. The summed E-state index contributed by atoms with van der Waals surface area (Å²) in [4.78, 5) is 25.0. The van der Waals surface area contributed by atoms with Gasteiger partial charge in [0.05, 0.1) is 24.6 Å². The number of nitrogens with zero attached hydrogens (tertiary/aromatic N) is 2. The SMILES string of the molecule is COc1cc(=O)n(-c2ccc(C)cc2)nc1C(=O)Nc1ccc(Br)cc1F. The summed E-state index contributed by atoms with van der Waals surface area (Å²) in [5.74, 6) is -1.31. The van der Waals surface area contributed by atoms with Crippen molar-refractivity contribution in [1.29, 1.82) is 0 Å². The number of nitrogens with one attached hydrogen (secondary N) is 1. The van der Waals surface area contributed by atoms with Crippen LogP contribution in [0.4, 0.5) is 10.1 Å². The molecule has 0 saturated carbocycles. The predicted molar refractivity (Wildman–Crippen MR) is 103 cm³/mol. The molecule has 1 N–H and O–H groups in total. The highest BCUT2D eigenvalue weighted by molar-refractivity contribution is 9.10. The van der Waals surface area contributed by atoms with Crippen molar-refractivity contribution in [2.45, 2.75) is 6.92 Å². The molecule has 27 heavy (non-hydrogen) atoms. The van der Waals surface area contributed by atoms with Gasteiger partial charge in [-0.3, -0.25) is 9.59 Å². The number of hydrogen-bond donors (Lipinski definition) is 1. The van der Waals surface area contributed by atoms with E-state index in [-0.39, 0.29) is 17.1 Å². The van der Waals surface area contributed by atoms with Crippen LogP contribution >= 0.6 is 15.9 Å². The van der Waals surface area contributed by atoms with E-state index in [0.717, 1.165) is 10.2 Å². The van der Waals surface area contributed by atoms with Crippen LogP contribution < -0.4 is 15.6 Å². The molecule has 8 heteroatoms. The number of benzene rings is 2. The first-order valence-corrected chi connectivity index (χ1v) is 8.70. The molecule has 2 aromatic carbocycles. The van der Waals surface area contributed by atoms with Crippen molar-refractivity contribution in [2.75, 3.05) is 12.4 Å². The van der Waals surface area contributed by atoms with Crippen LogP contribution in [0.5, 0.6) is 5.75 Å². The molecule has 0 atom stereocenters. The minimum atomic E-state index is -0.700. The number of rotatable bonds is 4. The molecule has 0 spiro atoms. The van der Waals surface area contributed by atoms with E-state index in [9.17, 15) is 14.0 Å². The monoisotopic (exact) mass is 431 g/mol. The van der Waals surface area contributed by atoms with Crippen LogP contribution in [0.25, 0.3) is 5.69 Å². The van der Waals surface area contributed by atoms with Crippen molar-refractivity contribution < 1.29 is 13.9 Å². The second-order valence-electron chi connectivity index (χ2n) is 5.73. The third-order valence-electron chi connectivity index (χ3n) is 3.79. The zero-order chi connectivity index (χ0) is 19.6. The van der Waals surface area contributed by atoms with E-state index in [1.54, 1.807) is 18.2 Å². The van der Waals surface area contributed by atoms with Crippen molar-refractivity contribution in [3.05, 3.63) is 80.4 Å². The molecule has 0 saturated heterocycles. The Hall–Kier alpha value is -3.00. The first kappa shape index (κ1) is 18.8. The Balaban J connectivity index is 2.02. The summed E-state index contributed by atoms with van der Waals surface area (Å²) in [6.07, 6.45) is 0. The number of aryl methyl sites for hydroxylation is 1. The molecule has 0 bridgehead atoms. The molecule has 1 aromatic heterocycles. The molecule has 138 valence electrons. The Kier molecular flexibility index (Phi) is 5.36. The van der Waals surface area contributed by atoms with Gasteiger partial charge in [0.1, 0.15) is 5.82 Å². The maximum Gasteiger partial charge on any atom is 0.280 e. The van der Waals surface area contributed by atoms with E-state index in [0.29, 0.717) is 10.2 Å². The largest absolute Gasteiger partial charge is 0.494 e. The Morgan fingerprint density at radius 3 is 2.52 bits per heavy atom. The standard InChI is InChI=1S/C19H15BrFN3O3/c1-11-3-6-13(7-4-11)24-17(25)10-16(27-2)18(23-24)19(26)22-15-8-5-12(20)9-14(15)21/h3-10H,1-2H3,(H,22,26). The second-order valence-corrected chi connectivity index (χ2v) is 6.64. The van der Waals surface area contributed by atoms with Gasteiger partial charge in [-0.2, -0.15) is 9.78 Å². The number of aromatic nitrogens is 2. The fraction of sp³-hybridized carbons (Fsp3) is 0.105. The lowest BCUT2D eigenvalue weighted by Gasteiger charge is -2.12. The molecule has 3 rings (SSSR count). The lowest BCUT2D eigenvalue weighted by Crippen LogP contribution is -2.26. The van der Waals surface area contributed by atoms with Gasteiger partial charge in [0.2, 0.25) is 0 Å².